The molecule has 4 rings (SSSR count). The first kappa shape index (κ1) is 21.4. The number of aliphatic hydroxyl groups is 1. The quantitative estimate of drug-likeness (QED) is 0.380. The van der Waals surface area contributed by atoms with Gasteiger partial charge in [0, 0.05) is 35.7 Å². The molecular weight excluding hydrogens is 441 g/mol. The molecule has 8 heteroatoms. The molecule has 0 saturated carbocycles. The molecule has 0 fully saturated rings. The van der Waals surface area contributed by atoms with Crippen molar-refractivity contribution in [3.63, 3.8) is 0 Å². The Bertz CT molecular complexity index is 1180. The molecule has 31 heavy (non-hydrogen) atoms. The molecule has 160 valence electrons. The lowest BCUT2D eigenvalue weighted by Gasteiger charge is -2.26. The number of nitrogens with zero attached hydrogens (tertiary/aromatic N) is 1. The van der Waals surface area contributed by atoms with E-state index in [4.69, 9.17) is 32.4 Å². The van der Waals surface area contributed by atoms with Gasteiger partial charge in [-0.3, -0.25) is 9.59 Å². The van der Waals surface area contributed by atoms with E-state index in [2.05, 4.69) is 0 Å². The summed E-state index contributed by atoms with van der Waals surface area (Å²) in [6.07, 6.45) is 0.546. The molecule has 1 N–H and O–H groups in total. The van der Waals surface area contributed by atoms with Crippen molar-refractivity contribution in [3.8, 4) is 0 Å². The summed E-state index contributed by atoms with van der Waals surface area (Å²) in [6, 6.07) is 12.6. The van der Waals surface area contributed by atoms with Gasteiger partial charge in [-0.05, 0) is 48.4 Å². The third-order valence-electron chi connectivity index (χ3n) is 5.18. The summed E-state index contributed by atoms with van der Waals surface area (Å²) in [5.41, 5.74) is 1.11. The third-order valence-corrected chi connectivity index (χ3v) is 5.67. The van der Waals surface area contributed by atoms with Crippen molar-refractivity contribution in [1.29, 1.82) is 0 Å². The summed E-state index contributed by atoms with van der Waals surface area (Å²) < 4.78 is 10.8. The van der Waals surface area contributed by atoms with E-state index in [1.165, 1.54) is 4.90 Å². The first-order chi connectivity index (χ1) is 14.9. The number of ether oxygens (including phenoxy) is 1. The second-order valence-corrected chi connectivity index (χ2v) is 8.06. The zero-order chi connectivity index (χ0) is 22.1. The van der Waals surface area contributed by atoms with Crippen LogP contribution >= 0.6 is 23.2 Å². The highest BCUT2D eigenvalue weighted by Crippen LogP contribution is 2.40. The number of carbonyl (C=O) groups excluding carboxylic acids is 2. The van der Waals surface area contributed by atoms with E-state index < -0.39 is 23.5 Å². The molecule has 0 bridgehead atoms. The van der Waals surface area contributed by atoms with Gasteiger partial charge in [-0.15, -0.1) is 0 Å². The highest BCUT2D eigenvalue weighted by molar-refractivity contribution is 6.31. The van der Waals surface area contributed by atoms with Crippen LogP contribution in [0.1, 0.15) is 28.6 Å². The van der Waals surface area contributed by atoms with Crippen LogP contribution in [-0.2, 0) is 9.53 Å². The lowest BCUT2D eigenvalue weighted by molar-refractivity contribution is -0.129. The Kier molecular flexibility index (Phi) is 6.05. The van der Waals surface area contributed by atoms with Gasteiger partial charge < -0.3 is 19.2 Å². The molecule has 2 aromatic carbocycles. The normalized spacial score (nSPS) is 16.5. The number of benzene rings is 2. The summed E-state index contributed by atoms with van der Waals surface area (Å²) in [6.45, 7) is 0.738. The zero-order valence-corrected chi connectivity index (χ0v) is 18.1. The van der Waals surface area contributed by atoms with Crippen molar-refractivity contribution in [2.24, 2.45) is 0 Å². The van der Waals surface area contributed by atoms with Crippen molar-refractivity contribution < 1.29 is 23.8 Å². The summed E-state index contributed by atoms with van der Waals surface area (Å²) in [5.74, 6) is -1.74. The number of rotatable bonds is 7. The topological polar surface area (TPSA) is 80.0 Å². The molecule has 0 saturated heterocycles. The summed E-state index contributed by atoms with van der Waals surface area (Å²) in [5, 5.41) is 12.4. The Morgan fingerprint density at radius 1 is 1.13 bits per heavy atom. The SMILES string of the molecule is COCCCN1C(=O)C(O)=C(C(=O)c2cc3cc(Cl)ccc3o2)C1c1ccc(Cl)cc1. The van der Waals surface area contributed by atoms with Gasteiger partial charge in [0.2, 0.25) is 5.78 Å². The van der Waals surface area contributed by atoms with Gasteiger partial charge in [0.05, 0.1) is 11.6 Å². The highest BCUT2D eigenvalue weighted by atomic mass is 35.5. The Hall–Kier alpha value is -2.80. The van der Waals surface area contributed by atoms with Gasteiger partial charge >= 0.3 is 0 Å². The summed E-state index contributed by atoms with van der Waals surface area (Å²) in [4.78, 5) is 27.7. The number of aliphatic hydroxyl groups excluding tert-OH is 1. The van der Waals surface area contributed by atoms with Crippen LogP contribution in [0, 0.1) is 0 Å². The molecule has 1 aromatic heterocycles. The van der Waals surface area contributed by atoms with Crippen LogP contribution in [0.25, 0.3) is 11.0 Å². The fourth-order valence-electron chi connectivity index (χ4n) is 3.75. The monoisotopic (exact) mass is 459 g/mol. The molecule has 1 unspecified atom stereocenters. The first-order valence-electron chi connectivity index (χ1n) is 9.63. The lowest BCUT2D eigenvalue weighted by Crippen LogP contribution is -2.32. The first-order valence-corrected chi connectivity index (χ1v) is 10.4. The minimum absolute atomic E-state index is 0.0179. The number of halogens is 2. The van der Waals surface area contributed by atoms with E-state index in [1.54, 1.807) is 55.6 Å². The molecular formula is C23H19Cl2NO5. The highest BCUT2D eigenvalue weighted by Gasteiger charge is 2.44. The van der Waals surface area contributed by atoms with Crippen LogP contribution in [0.15, 0.2) is 64.3 Å². The van der Waals surface area contributed by atoms with E-state index in [9.17, 15) is 14.7 Å². The molecule has 1 amide bonds. The number of methoxy groups -OCH3 is 1. The predicted molar refractivity (Wildman–Crippen MR) is 118 cm³/mol. The number of fused-ring (bicyclic) bond motifs is 1. The van der Waals surface area contributed by atoms with Gasteiger partial charge in [-0.1, -0.05) is 35.3 Å². The molecule has 2 heterocycles. The van der Waals surface area contributed by atoms with Crippen molar-refractivity contribution >= 4 is 45.9 Å². The van der Waals surface area contributed by atoms with E-state index in [-0.39, 0.29) is 11.3 Å². The molecule has 0 aliphatic carbocycles. The maximum absolute atomic E-state index is 13.4. The fourth-order valence-corrected chi connectivity index (χ4v) is 4.05. The van der Waals surface area contributed by atoms with Gasteiger partial charge in [0.15, 0.2) is 11.5 Å². The average Bonchev–Trinajstić information content (AvgIpc) is 3.28. The van der Waals surface area contributed by atoms with Crippen molar-refractivity contribution in [1.82, 2.24) is 4.90 Å². The van der Waals surface area contributed by atoms with Crippen LogP contribution in [0.4, 0.5) is 0 Å². The molecule has 1 atom stereocenters. The van der Waals surface area contributed by atoms with Crippen molar-refractivity contribution in [2.45, 2.75) is 12.5 Å². The average molecular weight is 460 g/mol. The molecule has 3 aromatic rings. The number of Topliss-reactive ketones (excluding diaryl/α,β-unsaturated/α-hetero) is 1. The van der Waals surface area contributed by atoms with Gasteiger partial charge in [0.1, 0.15) is 5.58 Å². The van der Waals surface area contributed by atoms with Gasteiger partial charge in [0.25, 0.3) is 5.91 Å². The molecule has 0 spiro atoms. The fraction of sp³-hybridized carbons (Fsp3) is 0.217. The maximum Gasteiger partial charge on any atom is 0.290 e. The molecule has 1 aliphatic heterocycles. The molecule has 6 nitrogen and oxygen atoms in total. The summed E-state index contributed by atoms with van der Waals surface area (Å²) >= 11 is 12.0. The van der Waals surface area contributed by atoms with E-state index >= 15 is 0 Å². The lowest BCUT2D eigenvalue weighted by atomic mass is 9.95. The second-order valence-electron chi connectivity index (χ2n) is 7.18. The van der Waals surface area contributed by atoms with Crippen molar-refractivity contribution in [2.75, 3.05) is 20.3 Å². The standard InChI is InChI=1S/C23H19Cl2NO5/c1-30-10-2-9-26-20(13-3-5-15(24)6-4-13)19(22(28)23(26)29)21(27)18-12-14-11-16(25)7-8-17(14)31-18/h3-8,11-12,20,28H,2,9-10H2,1H3. The Balaban J connectivity index is 1.76. The smallest absolute Gasteiger partial charge is 0.290 e. The Morgan fingerprint density at radius 3 is 2.55 bits per heavy atom. The number of carbonyl (C=O) groups is 2. The third kappa shape index (κ3) is 4.06. The number of amides is 1. The van der Waals surface area contributed by atoms with Gasteiger partial charge in [-0.2, -0.15) is 0 Å². The minimum Gasteiger partial charge on any atom is -0.503 e. The number of furan rings is 1. The Morgan fingerprint density at radius 2 is 1.84 bits per heavy atom. The summed E-state index contributed by atoms with van der Waals surface area (Å²) in [7, 11) is 1.57. The number of ketones is 1. The molecule has 0 radical (unpaired) electrons. The Labute approximate surface area is 188 Å². The van der Waals surface area contributed by atoms with E-state index in [0.717, 1.165) is 0 Å². The van der Waals surface area contributed by atoms with Crippen LogP contribution in [0.5, 0.6) is 0 Å². The predicted octanol–water partition coefficient (Wildman–Crippen LogP) is 5.35. The van der Waals surface area contributed by atoms with Crippen LogP contribution in [0.3, 0.4) is 0 Å². The van der Waals surface area contributed by atoms with E-state index in [1.807, 2.05) is 0 Å². The number of hydrogen-bond donors (Lipinski definition) is 1. The second kappa shape index (κ2) is 8.75. The largest absolute Gasteiger partial charge is 0.503 e. The van der Waals surface area contributed by atoms with Crippen LogP contribution in [0.2, 0.25) is 10.0 Å². The van der Waals surface area contributed by atoms with E-state index in [0.29, 0.717) is 46.2 Å². The van der Waals surface area contributed by atoms with Gasteiger partial charge in [-0.25, -0.2) is 0 Å². The zero-order valence-electron chi connectivity index (χ0n) is 16.6. The maximum atomic E-state index is 13.4. The van der Waals surface area contributed by atoms with Crippen LogP contribution < -0.4 is 0 Å². The molecule has 1 aliphatic rings. The van der Waals surface area contributed by atoms with Crippen LogP contribution in [-0.4, -0.2) is 42.0 Å². The minimum atomic E-state index is -0.772. The number of hydrogen-bond acceptors (Lipinski definition) is 5. The van der Waals surface area contributed by atoms with Crippen molar-refractivity contribution in [3.05, 3.63) is 81.2 Å².